The molecule has 1 unspecified atom stereocenters. The third kappa shape index (κ3) is 6.01. The predicted molar refractivity (Wildman–Crippen MR) is 115 cm³/mol. The van der Waals surface area contributed by atoms with Gasteiger partial charge in [0.1, 0.15) is 11.6 Å². The smallest absolute Gasteiger partial charge is 0.406 e. The molecule has 2 aliphatic rings. The van der Waals surface area contributed by atoms with Gasteiger partial charge in [-0.15, -0.1) is 13.2 Å². The van der Waals surface area contributed by atoms with Crippen LogP contribution in [0.15, 0.2) is 36.5 Å². The zero-order chi connectivity index (χ0) is 22.6. The average molecular weight is 451 g/mol. The molecule has 174 valence electrons. The van der Waals surface area contributed by atoms with E-state index in [9.17, 15) is 13.2 Å². The summed E-state index contributed by atoms with van der Waals surface area (Å²) in [6, 6.07) is 8.34. The van der Waals surface area contributed by atoms with E-state index in [1.165, 1.54) is 12.1 Å². The molecular formula is C22H28F3N5O2. The van der Waals surface area contributed by atoms with E-state index in [-0.39, 0.29) is 5.75 Å². The van der Waals surface area contributed by atoms with Crippen LogP contribution in [0.1, 0.15) is 18.4 Å². The lowest BCUT2D eigenvalue weighted by atomic mass is 10.0. The number of morpholine rings is 1. The Labute approximate surface area is 185 Å². The molecule has 0 radical (unpaired) electrons. The first-order valence-corrected chi connectivity index (χ1v) is 10.8. The standard InChI is InChI=1S/C22H28F3N5O2/c1-28(20-8-9-26-21(27-20)30-11-13-31-14-12-30)18-3-2-10-29(16-18)15-17-4-6-19(7-5-17)32-22(23,24)25/h4-9,18H,2-3,10-16H2,1H3. The van der Waals surface area contributed by atoms with Crippen LogP contribution < -0.4 is 14.5 Å². The molecule has 0 N–H and O–H groups in total. The number of rotatable bonds is 6. The van der Waals surface area contributed by atoms with Crippen LogP contribution in [-0.2, 0) is 11.3 Å². The summed E-state index contributed by atoms with van der Waals surface area (Å²) in [5.41, 5.74) is 0.958. The van der Waals surface area contributed by atoms with Gasteiger partial charge < -0.3 is 19.3 Å². The van der Waals surface area contributed by atoms with E-state index in [1.54, 1.807) is 18.3 Å². The minimum Gasteiger partial charge on any atom is -0.406 e. The Morgan fingerprint density at radius 1 is 1.12 bits per heavy atom. The number of hydrogen-bond acceptors (Lipinski definition) is 7. The first kappa shape index (κ1) is 22.6. The van der Waals surface area contributed by atoms with E-state index in [0.29, 0.717) is 25.8 Å². The zero-order valence-corrected chi connectivity index (χ0v) is 18.1. The predicted octanol–water partition coefficient (Wildman–Crippen LogP) is 3.31. The number of halogens is 3. The summed E-state index contributed by atoms with van der Waals surface area (Å²) in [6.07, 6.45) is -0.766. The minimum atomic E-state index is -4.67. The summed E-state index contributed by atoms with van der Waals surface area (Å²) in [5.74, 6) is 1.42. The molecule has 1 atom stereocenters. The first-order valence-electron chi connectivity index (χ1n) is 10.8. The number of ether oxygens (including phenoxy) is 2. The Kier molecular flexibility index (Phi) is 7.00. The molecule has 1 aromatic heterocycles. The van der Waals surface area contributed by atoms with Crippen molar-refractivity contribution < 1.29 is 22.6 Å². The molecule has 0 aliphatic carbocycles. The molecule has 10 heteroatoms. The summed E-state index contributed by atoms with van der Waals surface area (Å²) in [7, 11) is 2.06. The third-order valence-corrected chi connectivity index (χ3v) is 5.87. The molecule has 2 aliphatic heterocycles. The van der Waals surface area contributed by atoms with Gasteiger partial charge in [0.25, 0.3) is 0 Å². The van der Waals surface area contributed by atoms with Gasteiger partial charge in [0.2, 0.25) is 5.95 Å². The van der Waals surface area contributed by atoms with Gasteiger partial charge in [-0.1, -0.05) is 12.1 Å². The van der Waals surface area contributed by atoms with Crippen LogP contribution in [0.5, 0.6) is 5.75 Å². The lowest BCUT2D eigenvalue weighted by Gasteiger charge is -2.38. The lowest BCUT2D eigenvalue weighted by molar-refractivity contribution is -0.274. The lowest BCUT2D eigenvalue weighted by Crippen LogP contribution is -2.46. The Morgan fingerprint density at radius 2 is 1.88 bits per heavy atom. The van der Waals surface area contributed by atoms with Crippen LogP contribution in [0, 0.1) is 0 Å². The highest BCUT2D eigenvalue weighted by Crippen LogP contribution is 2.25. The highest BCUT2D eigenvalue weighted by atomic mass is 19.4. The van der Waals surface area contributed by atoms with Crippen LogP contribution in [0.3, 0.4) is 0 Å². The number of hydrogen-bond donors (Lipinski definition) is 0. The molecule has 3 heterocycles. The second-order valence-corrected chi connectivity index (χ2v) is 8.15. The van der Waals surface area contributed by atoms with Gasteiger partial charge in [0.05, 0.1) is 13.2 Å². The van der Waals surface area contributed by atoms with Gasteiger partial charge in [0, 0.05) is 45.5 Å². The van der Waals surface area contributed by atoms with E-state index in [1.807, 2.05) is 6.07 Å². The van der Waals surface area contributed by atoms with Crippen LogP contribution in [-0.4, -0.2) is 73.7 Å². The number of aromatic nitrogens is 2. The molecule has 2 saturated heterocycles. The normalized spacial score (nSPS) is 20.2. The van der Waals surface area contributed by atoms with Crippen molar-refractivity contribution in [1.29, 1.82) is 0 Å². The number of piperidine rings is 1. The molecular weight excluding hydrogens is 423 g/mol. The fourth-order valence-corrected chi connectivity index (χ4v) is 4.18. The second-order valence-electron chi connectivity index (χ2n) is 8.15. The summed E-state index contributed by atoms with van der Waals surface area (Å²) < 4.78 is 46.4. The average Bonchev–Trinajstić information content (AvgIpc) is 2.80. The fraction of sp³-hybridized carbons (Fsp3) is 0.545. The maximum atomic E-state index is 12.4. The largest absolute Gasteiger partial charge is 0.573 e. The molecule has 0 saturated carbocycles. The van der Waals surface area contributed by atoms with Crippen molar-refractivity contribution in [2.45, 2.75) is 31.8 Å². The van der Waals surface area contributed by atoms with Crippen LogP contribution in [0.2, 0.25) is 0 Å². The van der Waals surface area contributed by atoms with E-state index in [4.69, 9.17) is 9.72 Å². The van der Waals surface area contributed by atoms with Crippen molar-refractivity contribution >= 4 is 11.8 Å². The van der Waals surface area contributed by atoms with Gasteiger partial charge in [-0.3, -0.25) is 4.90 Å². The number of anilines is 2. The van der Waals surface area contributed by atoms with Gasteiger partial charge in [-0.05, 0) is 43.1 Å². The Morgan fingerprint density at radius 3 is 2.59 bits per heavy atom. The fourth-order valence-electron chi connectivity index (χ4n) is 4.18. The molecule has 4 rings (SSSR count). The zero-order valence-electron chi connectivity index (χ0n) is 18.1. The topological polar surface area (TPSA) is 54.0 Å². The quantitative estimate of drug-likeness (QED) is 0.668. The van der Waals surface area contributed by atoms with Crippen molar-refractivity contribution in [2.75, 3.05) is 56.2 Å². The molecule has 1 aromatic carbocycles. The SMILES string of the molecule is CN(c1ccnc(N2CCOCC2)n1)C1CCCN(Cc2ccc(OC(F)(F)F)cc2)C1. The molecule has 2 aromatic rings. The monoisotopic (exact) mass is 451 g/mol. The van der Waals surface area contributed by atoms with Crippen LogP contribution >= 0.6 is 0 Å². The van der Waals surface area contributed by atoms with Crippen molar-refractivity contribution in [2.24, 2.45) is 0 Å². The first-order chi connectivity index (χ1) is 15.4. The van der Waals surface area contributed by atoms with Crippen molar-refractivity contribution in [1.82, 2.24) is 14.9 Å². The number of alkyl halides is 3. The molecule has 0 amide bonds. The van der Waals surface area contributed by atoms with Gasteiger partial charge in [0.15, 0.2) is 0 Å². The molecule has 32 heavy (non-hydrogen) atoms. The van der Waals surface area contributed by atoms with Crippen molar-refractivity contribution in [3.63, 3.8) is 0 Å². The molecule has 2 fully saturated rings. The minimum absolute atomic E-state index is 0.197. The molecule has 0 spiro atoms. The number of benzene rings is 1. The van der Waals surface area contributed by atoms with E-state index >= 15 is 0 Å². The number of likely N-dealkylation sites (tertiary alicyclic amines) is 1. The second kappa shape index (κ2) is 9.91. The van der Waals surface area contributed by atoms with E-state index < -0.39 is 6.36 Å². The summed E-state index contributed by atoms with van der Waals surface area (Å²) >= 11 is 0. The van der Waals surface area contributed by atoms with Crippen LogP contribution in [0.4, 0.5) is 24.9 Å². The summed E-state index contributed by atoms with van der Waals surface area (Å²) in [6.45, 7) is 5.44. The Bertz CT molecular complexity index is 875. The molecule has 7 nitrogen and oxygen atoms in total. The Balaban J connectivity index is 1.36. The summed E-state index contributed by atoms with van der Waals surface area (Å²) in [4.78, 5) is 15.9. The number of likely N-dealkylation sites (N-methyl/N-ethyl adjacent to an activating group) is 1. The summed E-state index contributed by atoms with van der Waals surface area (Å²) in [5, 5.41) is 0. The van der Waals surface area contributed by atoms with Gasteiger partial charge in [-0.2, -0.15) is 4.98 Å². The maximum absolute atomic E-state index is 12.4. The van der Waals surface area contributed by atoms with E-state index in [0.717, 1.165) is 56.4 Å². The Hall–Kier alpha value is -2.59. The van der Waals surface area contributed by atoms with Crippen LogP contribution in [0.25, 0.3) is 0 Å². The van der Waals surface area contributed by atoms with Crippen molar-refractivity contribution in [3.05, 3.63) is 42.1 Å². The van der Waals surface area contributed by atoms with Gasteiger partial charge in [-0.25, -0.2) is 4.98 Å². The maximum Gasteiger partial charge on any atom is 0.573 e. The number of nitrogens with zero attached hydrogens (tertiary/aromatic N) is 5. The highest BCUT2D eigenvalue weighted by molar-refractivity contribution is 5.44. The van der Waals surface area contributed by atoms with Gasteiger partial charge >= 0.3 is 6.36 Å². The third-order valence-electron chi connectivity index (χ3n) is 5.87. The highest BCUT2D eigenvalue weighted by Gasteiger charge is 2.31. The van der Waals surface area contributed by atoms with Crippen molar-refractivity contribution in [3.8, 4) is 5.75 Å². The van der Waals surface area contributed by atoms with E-state index in [2.05, 4.69) is 31.5 Å². The molecule has 0 bridgehead atoms.